The fraction of sp³-hybridized carbons (Fsp3) is 0.471. The smallest absolute Gasteiger partial charge is 0.417 e. The van der Waals surface area contributed by atoms with E-state index in [1.165, 1.54) is 4.90 Å². The molecule has 0 aliphatic carbocycles. The fourth-order valence-electron chi connectivity index (χ4n) is 3.07. The molecule has 1 aromatic rings. The van der Waals surface area contributed by atoms with E-state index in [1.807, 2.05) is 18.2 Å². The molecule has 3 rings (SSSR count). The Morgan fingerprint density at radius 1 is 1.21 bits per heavy atom. The Bertz CT molecular complexity index is 609. The molecule has 2 fully saturated rings. The number of rotatable bonds is 4. The van der Waals surface area contributed by atoms with Gasteiger partial charge in [0.05, 0.1) is 0 Å². The topological polar surface area (TPSA) is 76.2 Å². The third kappa shape index (κ3) is 3.34. The summed E-state index contributed by atoms with van der Waals surface area (Å²) in [6.45, 7) is 2.52. The summed E-state index contributed by atoms with van der Waals surface area (Å²) >= 11 is 0. The van der Waals surface area contributed by atoms with Gasteiger partial charge in [-0.1, -0.05) is 18.2 Å². The Morgan fingerprint density at radius 3 is 2.46 bits per heavy atom. The van der Waals surface area contributed by atoms with Gasteiger partial charge in [0.15, 0.2) is 12.7 Å². The van der Waals surface area contributed by atoms with Crippen molar-refractivity contribution in [3.63, 3.8) is 0 Å². The molecule has 3 amide bonds. The van der Waals surface area contributed by atoms with Crippen molar-refractivity contribution in [1.82, 2.24) is 9.80 Å². The van der Waals surface area contributed by atoms with Crippen molar-refractivity contribution >= 4 is 17.9 Å². The number of cyclic esters (lactones) is 1. The van der Waals surface area contributed by atoms with Crippen LogP contribution in [0.1, 0.15) is 19.8 Å². The first kappa shape index (κ1) is 16.3. The van der Waals surface area contributed by atoms with E-state index in [-0.39, 0.29) is 24.5 Å². The number of benzene rings is 1. The van der Waals surface area contributed by atoms with Gasteiger partial charge in [0.2, 0.25) is 0 Å². The summed E-state index contributed by atoms with van der Waals surface area (Å²) in [5, 5.41) is 0. The molecule has 1 aromatic carbocycles. The first-order valence-electron chi connectivity index (χ1n) is 8.05. The molecule has 7 nitrogen and oxygen atoms in total. The van der Waals surface area contributed by atoms with Gasteiger partial charge in [0.25, 0.3) is 11.8 Å². The van der Waals surface area contributed by atoms with Gasteiger partial charge < -0.3 is 14.4 Å². The maximum absolute atomic E-state index is 12.5. The van der Waals surface area contributed by atoms with Crippen LogP contribution in [0.4, 0.5) is 4.79 Å². The number of imide groups is 1. The van der Waals surface area contributed by atoms with Crippen LogP contribution in [0.3, 0.4) is 0 Å². The zero-order chi connectivity index (χ0) is 17.1. The maximum atomic E-state index is 12.5. The summed E-state index contributed by atoms with van der Waals surface area (Å²) in [6.07, 6.45) is -0.0391. The Kier molecular flexibility index (Phi) is 4.69. The van der Waals surface area contributed by atoms with Crippen molar-refractivity contribution in [2.45, 2.75) is 31.9 Å². The minimum absolute atomic E-state index is 0.0902. The molecule has 0 radical (unpaired) electrons. The van der Waals surface area contributed by atoms with Gasteiger partial charge in [0, 0.05) is 19.1 Å². The zero-order valence-corrected chi connectivity index (χ0v) is 13.5. The SMILES string of the molecule is C[C@H](Oc1ccccc1)C(=O)N1CCC(N2C(=O)COC2=O)CC1. The van der Waals surface area contributed by atoms with Crippen LogP contribution in [0.15, 0.2) is 30.3 Å². The lowest BCUT2D eigenvalue weighted by molar-refractivity contribution is -0.139. The molecular weight excluding hydrogens is 312 g/mol. The van der Waals surface area contributed by atoms with Crippen molar-refractivity contribution in [2.75, 3.05) is 19.7 Å². The van der Waals surface area contributed by atoms with Crippen LogP contribution in [-0.4, -0.2) is 59.5 Å². The van der Waals surface area contributed by atoms with Gasteiger partial charge in [-0.3, -0.25) is 9.59 Å². The number of piperidine rings is 1. The molecule has 2 aliphatic rings. The van der Waals surface area contributed by atoms with Gasteiger partial charge in [-0.15, -0.1) is 0 Å². The van der Waals surface area contributed by atoms with Crippen molar-refractivity contribution in [3.05, 3.63) is 30.3 Å². The summed E-state index contributed by atoms with van der Waals surface area (Å²) in [4.78, 5) is 38.7. The molecular formula is C17H20N2O5. The second-order valence-corrected chi connectivity index (χ2v) is 5.95. The molecule has 0 N–H and O–H groups in total. The quantitative estimate of drug-likeness (QED) is 0.833. The average molecular weight is 332 g/mol. The van der Waals surface area contributed by atoms with E-state index >= 15 is 0 Å². The Hall–Kier alpha value is -2.57. The van der Waals surface area contributed by atoms with Crippen molar-refractivity contribution in [3.8, 4) is 5.75 Å². The number of carbonyl (C=O) groups is 3. The number of nitrogens with zero attached hydrogens (tertiary/aromatic N) is 2. The number of likely N-dealkylation sites (tertiary alicyclic amines) is 1. The third-order valence-corrected chi connectivity index (χ3v) is 4.33. The van der Waals surface area contributed by atoms with Crippen LogP contribution in [0, 0.1) is 0 Å². The molecule has 0 saturated carbocycles. The molecule has 1 atom stereocenters. The summed E-state index contributed by atoms with van der Waals surface area (Å²) in [7, 11) is 0. The standard InChI is InChI=1S/C17H20N2O5/c1-12(24-14-5-3-2-4-6-14)16(21)18-9-7-13(8-10-18)19-15(20)11-23-17(19)22/h2-6,12-13H,7-11H2,1H3/t12-/m0/s1. The zero-order valence-electron chi connectivity index (χ0n) is 13.5. The molecule has 0 aromatic heterocycles. The van der Waals surface area contributed by atoms with Crippen molar-refractivity contribution in [2.24, 2.45) is 0 Å². The number of para-hydroxylation sites is 1. The summed E-state index contributed by atoms with van der Waals surface area (Å²) in [5.41, 5.74) is 0. The van der Waals surface area contributed by atoms with E-state index in [9.17, 15) is 14.4 Å². The fourth-order valence-corrected chi connectivity index (χ4v) is 3.07. The molecule has 24 heavy (non-hydrogen) atoms. The van der Waals surface area contributed by atoms with E-state index in [4.69, 9.17) is 9.47 Å². The summed E-state index contributed by atoms with van der Waals surface area (Å²) < 4.78 is 10.4. The monoisotopic (exact) mass is 332 g/mol. The minimum atomic E-state index is -0.581. The molecule has 0 spiro atoms. The largest absolute Gasteiger partial charge is 0.481 e. The predicted octanol–water partition coefficient (Wildman–Crippen LogP) is 1.42. The second-order valence-electron chi connectivity index (χ2n) is 5.95. The normalized spacial score (nSPS) is 20.0. The first-order valence-corrected chi connectivity index (χ1v) is 8.05. The van der Waals surface area contributed by atoms with Gasteiger partial charge in [-0.2, -0.15) is 0 Å². The second kappa shape index (κ2) is 6.90. The Balaban J connectivity index is 1.53. The molecule has 128 valence electrons. The Morgan fingerprint density at radius 2 is 1.88 bits per heavy atom. The van der Waals surface area contributed by atoms with Gasteiger partial charge in [0.1, 0.15) is 5.75 Å². The maximum Gasteiger partial charge on any atom is 0.417 e. The minimum Gasteiger partial charge on any atom is -0.481 e. The molecule has 7 heteroatoms. The highest BCUT2D eigenvalue weighted by atomic mass is 16.6. The lowest BCUT2D eigenvalue weighted by Crippen LogP contribution is -2.50. The molecule has 0 bridgehead atoms. The van der Waals surface area contributed by atoms with Gasteiger partial charge in [-0.25, -0.2) is 9.69 Å². The van der Waals surface area contributed by atoms with E-state index in [2.05, 4.69) is 0 Å². The number of carbonyl (C=O) groups excluding carboxylic acids is 3. The number of amides is 3. The van der Waals surface area contributed by atoms with E-state index in [0.717, 1.165) is 0 Å². The first-order chi connectivity index (χ1) is 11.6. The van der Waals surface area contributed by atoms with Crippen LogP contribution < -0.4 is 4.74 Å². The van der Waals surface area contributed by atoms with Gasteiger partial charge >= 0.3 is 6.09 Å². The van der Waals surface area contributed by atoms with Gasteiger partial charge in [-0.05, 0) is 31.9 Å². The lowest BCUT2D eigenvalue weighted by atomic mass is 10.0. The highest BCUT2D eigenvalue weighted by Crippen LogP contribution is 2.22. The van der Waals surface area contributed by atoms with E-state index in [1.54, 1.807) is 24.0 Å². The van der Waals surface area contributed by atoms with Crippen LogP contribution in [-0.2, 0) is 14.3 Å². The molecule has 0 unspecified atom stereocenters. The van der Waals surface area contributed by atoms with Crippen LogP contribution in [0.5, 0.6) is 5.75 Å². The van der Waals surface area contributed by atoms with Crippen LogP contribution >= 0.6 is 0 Å². The average Bonchev–Trinajstić information content (AvgIpc) is 2.94. The molecule has 2 heterocycles. The van der Waals surface area contributed by atoms with Crippen molar-refractivity contribution in [1.29, 1.82) is 0 Å². The van der Waals surface area contributed by atoms with E-state index in [0.29, 0.717) is 31.7 Å². The predicted molar refractivity (Wildman–Crippen MR) is 84.3 cm³/mol. The van der Waals surface area contributed by atoms with Crippen LogP contribution in [0.25, 0.3) is 0 Å². The Labute approximate surface area is 140 Å². The van der Waals surface area contributed by atoms with Crippen molar-refractivity contribution < 1.29 is 23.9 Å². The highest BCUT2D eigenvalue weighted by molar-refractivity contribution is 5.98. The summed E-state index contributed by atoms with van der Waals surface area (Å²) in [6, 6.07) is 9.01. The molecule has 2 aliphatic heterocycles. The third-order valence-electron chi connectivity index (χ3n) is 4.33. The highest BCUT2D eigenvalue weighted by Gasteiger charge is 2.39. The number of hydrogen-bond donors (Lipinski definition) is 0. The molecule has 2 saturated heterocycles. The van der Waals surface area contributed by atoms with Crippen LogP contribution in [0.2, 0.25) is 0 Å². The number of ether oxygens (including phenoxy) is 2. The number of hydrogen-bond acceptors (Lipinski definition) is 5. The summed E-state index contributed by atoms with van der Waals surface area (Å²) in [5.74, 6) is 0.261. The van der Waals surface area contributed by atoms with E-state index < -0.39 is 12.2 Å². The lowest BCUT2D eigenvalue weighted by Gasteiger charge is -2.35.